The summed E-state index contributed by atoms with van der Waals surface area (Å²) < 4.78 is 22.5. The first-order chi connectivity index (χ1) is 7.12. The molecule has 2 aliphatic heterocycles. The molecule has 0 aliphatic carbocycles. The number of azo groups is 1. The summed E-state index contributed by atoms with van der Waals surface area (Å²) in [6, 6.07) is -0.327. The van der Waals surface area contributed by atoms with E-state index in [4.69, 9.17) is 0 Å². The Morgan fingerprint density at radius 3 is 2.73 bits per heavy atom. The third-order valence-corrected chi connectivity index (χ3v) is 4.19. The van der Waals surface area contributed by atoms with Crippen LogP contribution in [0.25, 0.3) is 0 Å². The molecule has 2 atom stereocenters. The molecule has 0 N–H and O–H groups in total. The number of hydrogen-bond donors (Lipinski definition) is 0. The van der Waals surface area contributed by atoms with Gasteiger partial charge in [0.2, 0.25) is 12.7 Å². The van der Waals surface area contributed by atoms with E-state index < -0.39 is 16.1 Å². The minimum absolute atomic E-state index is 0.00667. The summed E-state index contributed by atoms with van der Waals surface area (Å²) in [6.07, 6.45) is 1.60. The van der Waals surface area contributed by atoms with E-state index in [0.29, 0.717) is 12.8 Å². The molecule has 1 saturated heterocycles. The minimum Gasteiger partial charge on any atom is -0.299 e. The van der Waals surface area contributed by atoms with Crippen LogP contribution in [0, 0.1) is 0 Å². The van der Waals surface area contributed by atoms with Crippen molar-refractivity contribution in [2.75, 3.05) is 11.5 Å². The van der Waals surface area contributed by atoms with Crippen LogP contribution in [0.4, 0.5) is 0 Å². The molecule has 7 nitrogen and oxygen atoms in total. The third-order valence-electron chi connectivity index (χ3n) is 2.44. The van der Waals surface area contributed by atoms with Crippen LogP contribution in [0.5, 0.6) is 0 Å². The quantitative estimate of drug-likeness (QED) is 0.606. The van der Waals surface area contributed by atoms with Crippen molar-refractivity contribution in [2.24, 2.45) is 15.2 Å². The van der Waals surface area contributed by atoms with Crippen LogP contribution >= 0.6 is 0 Å². The molecule has 0 unspecified atom stereocenters. The number of hydrogen-bond acceptors (Lipinski definition) is 6. The summed E-state index contributed by atoms with van der Waals surface area (Å²) in [7, 11) is -3.00. The highest BCUT2D eigenvalue weighted by atomic mass is 32.2. The minimum atomic E-state index is -3.00. The fraction of sp³-hybridized carbons (Fsp3) is 0.714. The fourth-order valence-electron chi connectivity index (χ4n) is 1.68. The molecule has 1 amide bonds. The van der Waals surface area contributed by atoms with Crippen molar-refractivity contribution in [3.05, 3.63) is 0 Å². The number of rotatable bonds is 3. The van der Waals surface area contributed by atoms with Gasteiger partial charge in [0.25, 0.3) is 0 Å². The van der Waals surface area contributed by atoms with E-state index in [0.717, 1.165) is 0 Å². The van der Waals surface area contributed by atoms with Gasteiger partial charge < -0.3 is 0 Å². The SMILES string of the molecule is O=CN([C@@H]1CCS(=O)(=O)C1)[C@@H]1N=CN=N1. The molecule has 15 heavy (non-hydrogen) atoms. The molecule has 8 heteroatoms. The monoisotopic (exact) mass is 230 g/mol. The Morgan fingerprint density at radius 2 is 2.27 bits per heavy atom. The topological polar surface area (TPSA) is 91.5 Å². The summed E-state index contributed by atoms with van der Waals surface area (Å²) >= 11 is 0. The molecule has 0 aromatic carbocycles. The van der Waals surface area contributed by atoms with E-state index in [2.05, 4.69) is 15.2 Å². The number of carbonyl (C=O) groups is 1. The zero-order valence-corrected chi connectivity index (χ0v) is 8.67. The highest BCUT2D eigenvalue weighted by Crippen LogP contribution is 2.20. The Labute approximate surface area is 86.8 Å². The first-order valence-electron chi connectivity index (χ1n) is 4.47. The van der Waals surface area contributed by atoms with Gasteiger partial charge in [0.15, 0.2) is 9.84 Å². The lowest BCUT2D eigenvalue weighted by Crippen LogP contribution is -2.40. The maximum atomic E-state index is 11.2. The van der Waals surface area contributed by atoms with Crippen molar-refractivity contribution >= 4 is 22.6 Å². The van der Waals surface area contributed by atoms with Gasteiger partial charge in [0.1, 0.15) is 6.34 Å². The Kier molecular flexibility index (Phi) is 2.51. The van der Waals surface area contributed by atoms with Crippen LogP contribution in [0.1, 0.15) is 6.42 Å². The van der Waals surface area contributed by atoms with Crippen LogP contribution in [-0.2, 0) is 14.6 Å². The van der Waals surface area contributed by atoms with Crippen molar-refractivity contribution in [2.45, 2.75) is 18.8 Å². The zero-order chi connectivity index (χ0) is 10.9. The summed E-state index contributed by atoms with van der Waals surface area (Å²) in [5, 5.41) is 7.23. The first kappa shape index (κ1) is 10.2. The van der Waals surface area contributed by atoms with Crippen LogP contribution in [0.2, 0.25) is 0 Å². The van der Waals surface area contributed by atoms with Crippen molar-refractivity contribution in [1.82, 2.24) is 4.90 Å². The van der Waals surface area contributed by atoms with E-state index in [1.807, 2.05) is 0 Å². The van der Waals surface area contributed by atoms with E-state index >= 15 is 0 Å². The van der Waals surface area contributed by atoms with Crippen LogP contribution in [0.15, 0.2) is 15.2 Å². The highest BCUT2D eigenvalue weighted by molar-refractivity contribution is 7.91. The number of nitrogens with zero attached hydrogens (tertiary/aromatic N) is 4. The van der Waals surface area contributed by atoms with Gasteiger partial charge in [-0.1, -0.05) is 0 Å². The molecular formula is C7H10N4O3S. The van der Waals surface area contributed by atoms with Crippen LogP contribution < -0.4 is 0 Å². The molecule has 82 valence electrons. The summed E-state index contributed by atoms with van der Waals surface area (Å²) in [6.45, 7) is 0. The lowest BCUT2D eigenvalue weighted by Gasteiger charge is -2.24. The normalized spacial score (nSPS) is 32.0. The molecular weight excluding hydrogens is 220 g/mol. The maximum Gasteiger partial charge on any atom is 0.239 e. The average Bonchev–Trinajstić information content (AvgIpc) is 2.77. The second kappa shape index (κ2) is 3.69. The number of amides is 1. The molecule has 2 heterocycles. The van der Waals surface area contributed by atoms with Gasteiger partial charge in [0.05, 0.1) is 17.5 Å². The largest absolute Gasteiger partial charge is 0.299 e. The van der Waals surface area contributed by atoms with Crippen LogP contribution in [0.3, 0.4) is 0 Å². The highest BCUT2D eigenvalue weighted by Gasteiger charge is 2.35. The van der Waals surface area contributed by atoms with Gasteiger partial charge in [-0.15, -0.1) is 10.2 Å². The molecule has 0 aromatic heterocycles. The molecule has 2 aliphatic rings. The van der Waals surface area contributed by atoms with Gasteiger partial charge >= 0.3 is 0 Å². The fourth-order valence-corrected chi connectivity index (χ4v) is 3.41. The van der Waals surface area contributed by atoms with E-state index in [-0.39, 0.29) is 17.5 Å². The molecule has 0 bridgehead atoms. The van der Waals surface area contributed by atoms with Gasteiger partial charge in [-0.05, 0) is 6.42 Å². The molecule has 0 aromatic rings. The molecule has 0 spiro atoms. The van der Waals surface area contributed by atoms with Crippen LogP contribution in [-0.4, -0.2) is 49.9 Å². The van der Waals surface area contributed by atoms with Crippen molar-refractivity contribution < 1.29 is 13.2 Å². The van der Waals surface area contributed by atoms with Crippen molar-refractivity contribution in [3.8, 4) is 0 Å². The predicted molar refractivity (Wildman–Crippen MR) is 52.1 cm³/mol. The molecule has 0 radical (unpaired) electrons. The standard InChI is InChI=1S/C7H10N4O3S/c12-5-11(7-8-4-9-10-7)6-1-2-15(13,14)3-6/h4-7H,1-3H2/t6-,7-/m1/s1. The Morgan fingerprint density at radius 1 is 1.47 bits per heavy atom. The molecule has 0 saturated carbocycles. The Bertz CT molecular complexity index is 404. The average molecular weight is 230 g/mol. The number of carbonyl (C=O) groups excluding carboxylic acids is 1. The first-order valence-corrected chi connectivity index (χ1v) is 6.29. The van der Waals surface area contributed by atoms with E-state index in [1.165, 1.54) is 11.2 Å². The van der Waals surface area contributed by atoms with Crippen molar-refractivity contribution in [1.29, 1.82) is 0 Å². The Balaban J connectivity index is 2.11. The van der Waals surface area contributed by atoms with Gasteiger partial charge in [-0.25, -0.2) is 13.4 Å². The second-order valence-corrected chi connectivity index (χ2v) is 5.68. The summed E-state index contributed by atoms with van der Waals surface area (Å²) in [4.78, 5) is 16.0. The second-order valence-electron chi connectivity index (χ2n) is 3.45. The van der Waals surface area contributed by atoms with Gasteiger partial charge in [0, 0.05) is 0 Å². The van der Waals surface area contributed by atoms with E-state index in [1.54, 1.807) is 0 Å². The smallest absolute Gasteiger partial charge is 0.239 e. The maximum absolute atomic E-state index is 11.2. The zero-order valence-electron chi connectivity index (χ0n) is 7.85. The summed E-state index contributed by atoms with van der Waals surface area (Å²) in [5.41, 5.74) is 0. The third kappa shape index (κ3) is 2.04. The number of aliphatic imine (C=N–C) groups is 1. The number of sulfone groups is 1. The Hall–Kier alpha value is -1.31. The van der Waals surface area contributed by atoms with Gasteiger partial charge in [-0.3, -0.25) is 9.69 Å². The lowest BCUT2D eigenvalue weighted by atomic mass is 10.2. The predicted octanol–water partition coefficient (Wildman–Crippen LogP) is -0.590. The van der Waals surface area contributed by atoms with Crippen molar-refractivity contribution in [3.63, 3.8) is 0 Å². The molecule has 1 fully saturated rings. The summed E-state index contributed by atoms with van der Waals surface area (Å²) in [5.74, 6) is 0.114. The lowest BCUT2D eigenvalue weighted by molar-refractivity contribution is -0.121. The van der Waals surface area contributed by atoms with Gasteiger partial charge in [-0.2, -0.15) is 0 Å². The van der Waals surface area contributed by atoms with E-state index in [9.17, 15) is 13.2 Å². The molecule has 2 rings (SSSR count).